The van der Waals surface area contributed by atoms with Gasteiger partial charge >= 0.3 is 19.8 Å². The standard InChI is InChI=1S/C41H78NO8P/c1-6-8-10-12-14-16-18-20-22-24-26-28-30-32-34-41(44)50-39(38-49-51(45,46)48-36-35-42(3,4)5)37-47-40(43)33-31-29-27-25-23-21-19-17-15-13-11-9-7-2/h12,14,18,20,39H,6-11,13,15-17,19,21-38H2,1-5H3/p+1/b14-12-,20-18-. The Balaban J connectivity index is 4.42. The van der Waals surface area contributed by atoms with Crippen molar-refractivity contribution in [3.63, 3.8) is 0 Å². The van der Waals surface area contributed by atoms with Crippen LogP contribution in [0.15, 0.2) is 24.3 Å². The molecule has 0 amide bonds. The van der Waals surface area contributed by atoms with Crippen LogP contribution >= 0.6 is 7.82 Å². The lowest BCUT2D eigenvalue weighted by atomic mass is 10.0. The molecule has 0 heterocycles. The Morgan fingerprint density at radius 2 is 1.08 bits per heavy atom. The highest BCUT2D eigenvalue weighted by Gasteiger charge is 2.27. The molecule has 0 aliphatic heterocycles. The van der Waals surface area contributed by atoms with Crippen molar-refractivity contribution in [1.29, 1.82) is 0 Å². The van der Waals surface area contributed by atoms with Crippen LogP contribution in [0.25, 0.3) is 0 Å². The summed E-state index contributed by atoms with van der Waals surface area (Å²) >= 11 is 0. The van der Waals surface area contributed by atoms with E-state index in [2.05, 4.69) is 38.2 Å². The number of quaternary nitrogens is 1. The summed E-state index contributed by atoms with van der Waals surface area (Å²) in [5, 5.41) is 0. The monoisotopic (exact) mass is 745 g/mol. The maximum atomic E-state index is 12.6. The molecular weight excluding hydrogens is 665 g/mol. The lowest BCUT2D eigenvalue weighted by molar-refractivity contribution is -0.870. The molecule has 0 aromatic carbocycles. The van der Waals surface area contributed by atoms with Gasteiger partial charge in [0.05, 0.1) is 27.7 Å². The van der Waals surface area contributed by atoms with E-state index in [0.717, 1.165) is 64.2 Å². The van der Waals surface area contributed by atoms with Gasteiger partial charge in [-0.05, 0) is 38.5 Å². The number of esters is 2. The molecule has 0 fully saturated rings. The molecule has 2 atom stereocenters. The van der Waals surface area contributed by atoms with Gasteiger partial charge in [-0.1, -0.05) is 147 Å². The van der Waals surface area contributed by atoms with Crippen molar-refractivity contribution < 1.29 is 42.1 Å². The van der Waals surface area contributed by atoms with Gasteiger partial charge in [-0.15, -0.1) is 0 Å². The van der Waals surface area contributed by atoms with Gasteiger partial charge in [-0.25, -0.2) is 4.57 Å². The van der Waals surface area contributed by atoms with Crippen LogP contribution in [0.4, 0.5) is 0 Å². The van der Waals surface area contributed by atoms with E-state index in [-0.39, 0.29) is 32.0 Å². The molecule has 0 saturated carbocycles. The maximum Gasteiger partial charge on any atom is 0.472 e. The quantitative estimate of drug-likeness (QED) is 0.0220. The fourth-order valence-electron chi connectivity index (χ4n) is 5.44. The number of unbranched alkanes of at least 4 members (excludes halogenated alkanes) is 19. The molecule has 10 heteroatoms. The highest BCUT2D eigenvalue weighted by molar-refractivity contribution is 7.47. The number of phosphoric ester groups is 1. The number of allylic oxidation sites excluding steroid dienone is 4. The predicted octanol–water partition coefficient (Wildman–Crippen LogP) is 11.2. The molecule has 0 aliphatic carbocycles. The first-order chi connectivity index (χ1) is 24.5. The van der Waals surface area contributed by atoms with Gasteiger partial charge in [0.2, 0.25) is 0 Å². The van der Waals surface area contributed by atoms with E-state index in [1.165, 1.54) is 77.0 Å². The summed E-state index contributed by atoms with van der Waals surface area (Å²) in [4.78, 5) is 35.2. The average molecular weight is 745 g/mol. The zero-order valence-corrected chi connectivity index (χ0v) is 34.5. The molecule has 0 radical (unpaired) electrons. The summed E-state index contributed by atoms with van der Waals surface area (Å²) in [6.07, 6.45) is 35.0. The summed E-state index contributed by atoms with van der Waals surface area (Å²) in [6, 6.07) is 0. The molecule has 0 aromatic heterocycles. The minimum absolute atomic E-state index is 0.0304. The topological polar surface area (TPSA) is 108 Å². The highest BCUT2D eigenvalue weighted by Crippen LogP contribution is 2.43. The highest BCUT2D eigenvalue weighted by atomic mass is 31.2. The van der Waals surface area contributed by atoms with Gasteiger partial charge in [0, 0.05) is 12.8 Å². The molecule has 2 unspecified atom stereocenters. The van der Waals surface area contributed by atoms with Gasteiger partial charge in [0.1, 0.15) is 19.8 Å². The first-order valence-electron chi connectivity index (χ1n) is 20.6. The van der Waals surface area contributed by atoms with Gasteiger partial charge < -0.3 is 18.9 Å². The zero-order chi connectivity index (χ0) is 37.9. The molecule has 0 saturated heterocycles. The summed E-state index contributed by atoms with van der Waals surface area (Å²) in [6.45, 7) is 4.36. The first-order valence-corrected chi connectivity index (χ1v) is 22.1. The molecule has 51 heavy (non-hydrogen) atoms. The number of carbonyl (C=O) groups is 2. The fraction of sp³-hybridized carbons (Fsp3) is 0.854. The van der Waals surface area contributed by atoms with E-state index < -0.39 is 26.5 Å². The Morgan fingerprint density at radius 1 is 0.608 bits per heavy atom. The number of hydrogen-bond acceptors (Lipinski definition) is 7. The van der Waals surface area contributed by atoms with Crippen LogP contribution in [-0.4, -0.2) is 74.9 Å². The van der Waals surface area contributed by atoms with Gasteiger partial charge in [-0.2, -0.15) is 0 Å². The number of ether oxygens (including phenoxy) is 2. The second kappa shape index (κ2) is 34.3. The minimum atomic E-state index is -4.37. The van der Waals surface area contributed by atoms with Crippen molar-refractivity contribution in [1.82, 2.24) is 0 Å². The van der Waals surface area contributed by atoms with Crippen LogP contribution in [0.5, 0.6) is 0 Å². The Hall–Kier alpha value is -1.51. The van der Waals surface area contributed by atoms with E-state index >= 15 is 0 Å². The smallest absolute Gasteiger partial charge is 0.462 e. The van der Waals surface area contributed by atoms with E-state index in [9.17, 15) is 19.0 Å². The van der Waals surface area contributed by atoms with E-state index in [0.29, 0.717) is 17.4 Å². The molecule has 300 valence electrons. The van der Waals surface area contributed by atoms with Crippen molar-refractivity contribution in [2.45, 2.75) is 180 Å². The third kappa shape index (κ3) is 38.0. The predicted molar refractivity (Wildman–Crippen MR) is 211 cm³/mol. The van der Waals surface area contributed by atoms with E-state index in [4.69, 9.17) is 18.5 Å². The molecule has 9 nitrogen and oxygen atoms in total. The largest absolute Gasteiger partial charge is 0.472 e. The summed E-state index contributed by atoms with van der Waals surface area (Å²) in [5.41, 5.74) is 0. The third-order valence-electron chi connectivity index (χ3n) is 8.73. The summed E-state index contributed by atoms with van der Waals surface area (Å²) in [5.74, 6) is -0.812. The number of hydrogen-bond donors (Lipinski definition) is 1. The van der Waals surface area contributed by atoms with Crippen molar-refractivity contribution in [3.05, 3.63) is 24.3 Å². The van der Waals surface area contributed by atoms with Crippen molar-refractivity contribution in [2.75, 3.05) is 47.5 Å². The molecule has 0 aromatic rings. The molecular formula is C41H79NO8P+. The van der Waals surface area contributed by atoms with Gasteiger partial charge in [0.25, 0.3) is 0 Å². The SMILES string of the molecule is CCCC/C=C\C/C=C\CCCCCCCC(=O)OC(COC(=O)CCCCCCCCCCCCCCC)COP(=O)(O)OCC[N+](C)(C)C. The van der Waals surface area contributed by atoms with E-state index in [1.807, 2.05) is 21.1 Å². The number of rotatable bonds is 37. The second-order valence-corrected chi connectivity index (χ2v) is 16.5. The van der Waals surface area contributed by atoms with E-state index in [1.54, 1.807) is 0 Å². The second-order valence-electron chi connectivity index (χ2n) is 15.0. The normalized spacial score (nSPS) is 13.9. The van der Waals surface area contributed by atoms with Crippen molar-refractivity contribution >= 4 is 19.8 Å². The van der Waals surface area contributed by atoms with Crippen LogP contribution in [-0.2, 0) is 32.7 Å². The van der Waals surface area contributed by atoms with Crippen LogP contribution < -0.4 is 0 Å². The lowest BCUT2D eigenvalue weighted by Gasteiger charge is -2.24. The molecule has 0 rings (SSSR count). The van der Waals surface area contributed by atoms with Gasteiger partial charge in [0.15, 0.2) is 6.10 Å². The minimum Gasteiger partial charge on any atom is -0.462 e. The maximum absolute atomic E-state index is 12.6. The van der Waals surface area contributed by atoms with Crippen molar-refractivity contribution in [3.8, 4) is 0 Å². The Labute approximate surface area is 313 Å². The molecule has 0 spiro atoms. The number of phosphoric acid groups is 1. The van der Waals surface area contributed by atoms with Crippen LogP contribution in [0, 0.1) is 0 Å². The van der Waals surface area contributed by atoms with Crippen LogP contribution in [0.1, 0.15) is 174 Å². The molecule has 0 bridgehead atoms. The van der Waals surface area contributed by atoms with Gasteiger partial charge in [-0.3, -0.25) is 18.6 Å². The van der Waals surface area contributed by atoms with Crippen molar-refractivity contribution in [2.24, 2.45) is 0 Å². The number of likely N-dealkylation sites (N-methyl/N-ethyl adjacent to an activating group) is 1. The fourth-order valence-corrected chi connectivity index (χ4v) is 6.18. The lowest BCUT2D eigenvalue weighted by Crippen LogP contribution is -2.37. The molecule has 1 N–H and O–H groups in total. The Morgan fingerprint density at radius 3 is 1.61 bits per heavy atom. The first kappa shape index (κ1) is 49.5. The average Bonchev–Trinajstić information content (AvgIpc) is 3.07. The summed E-state index contributed by atoms with van der Waals surface area (Å²) < 4.78 is 34.2. The Bertz CT molecular complexity index is 933. The number of nitrogens with zero attached hydrogens (tertiary/aromatic N) is 1. The molecule has 0 aliphatic rings. The summed E-state index contributed by atoms with van der Waals surface area (Å²) in [7, 11) is 1.47. The van der Waals surface area contributed by atoms with Crippen LogP contribution in [0.2, 0.25) is 0 Å². The Kier molecular flexibility index (Phi) is 33.3. The third-order valence-corrected chi connectivity index (χ3v) is 9.72. The number of carbonyl (C=O) groups excluding carboxylic acids is 2. The zero-order valence-electron chi connectivity index (χ0n) is 33.6. The van der Waals surface area contributed by atoms with Crippen LogP contribution in [0.3, 0.4) is 0 Å².